The van der Waals surface area contributed by atoms with Crippen molar-refractivity contribution in [2.45, 2.75) is 31.9 Å². The van der Waals surface area contributed by atoms with Crippen LogP contribution in [0.4, 0.5) is 0 Å². The summed E-state index contributed by atoms with van der Waals surface area (Å²) in [7, 11) is 1.33. The first-order valence-electron chi connectivity index (χ1n) is 4.54. The third kappa shape index (κ3) is 5.90. The molecule has 5 nitrogen and oxygen atoms in total. The predicted octanol–water partition coefficient (Wildman–Crippen LogP) is -0.729. The zero-order valence-corrected chi connectivity index (χ0v) is 8.91. The Labute approximate surface area is 84.1 Å². The summed E-state index contributed by atoms with van der Waals surface area (Å²) in [5.41, 5.74) is -1.15. The molecule has 0 aromatic rings. The van der Waals surface area contributed by atoms with E-state index in [-0.39, 0.29) is 31.6 Å². The molecule has 5 heteroatoms. The molecule has 0 amide bonds. The molecule has 2 unspecified atom stereocenters. The number of methoxy groups -OCH3 is 1. The predicted molar refractivity (Wildman–Crippen MR) is 51.8 cm³/mol. The first kappa shape index (κ1) is 13.4. The van der Waals surface area contributed by atoms with E-state index in [2.05, 4.69) is 10.1 Å². The summed E-state index contributed by atoms with van der Waals surface area (Å²) in [6, 6.07) is -0.0829. The van der Waals surface area contributed by atoms with Crippen molar-refractivity contribution in [2.24, 2.45) is 0 Å². The third-order valence-electron chi connectivity index (χ3n) is 1.87. The van der Waals surface area contributed by atoms with Gasteiger partial charge in [0.2, 0.25) is 0 Å². The van der Waals surface area contributed by atoms with Gasteiger partial charge in [0.1, 0.15) is 0 Å². The van der Waals surface area contributed by atoms with Crippen molar-refractivity contribution in [1.29, 1.82) is 0 Å². The normalized spacial score (nSPS) is 17.2. The second-order valence-corrected chi connectivity index (χ2v) is 3.72. The molecule has 0 aromatic carbocycles. The highest BCUT2D eigenvalue weighted by molar-refractivity contribution is 5.69. The monoisotopic (exact) mass is 205 g/mol. The third-order valence-corrected chi connectivity index (χ3v) is 1.87. The van der Waals surface area contributed by atoms with E-state index < -0.39 is 5.60 Å². The van der Waals surface area contributed by atoms with Gasteiger partial charge < -0.3 is 20.3 Å². The van der Waals surface area contributed by atoms with Crippen molar-refractivity contribution in [3.63, 3.8) is 0 Å². The average Bonchev–Trinajstić information content (AvgIpc) is 2.15. The Morgan fingerprint density at radius 3 is 2.64 bits per heavy atom. The highest BCUT2D eigenvalue weighted by atomic mass is 16.5. The Morgan fingerprint density at radius 2 is 2.21 bits per heavy atom. The Balaban J connectivity index is 3.74. The van der Waals surface area contributed by atoms with Crippen molar-refractivity contribution >= 4 is 5.97 Å². The molecule has 0 radical (unpaired) electrons. The molecule has 2 atom stereocenters. The molecule has 0 saturated carbocycles. The zero-order chi connectivity index (χ0) is 11.2. The van der Waals surface area contributed by atoms with Crippen LogP contribution in [0.1, 0.15) is 20.3 Å². The molecular formula is C9H19NO4. The van der Waals surface area contributed by atoms with Gasteiger partial charge in [-0.05, 0) is 13.8 Å². The number of hydrogen-bond acceptors (Lipinski definition) is 5. The van der Waals surface area contributed by atoms with Gasteiger partial charge in [0.05, 0.1) is 25.7 Å². The van der Waals surface area contributed by atoms with Crippen LogP contribution in [0.25, 0.3) is 0 Å². The molecule has 0 rings (SSSR count). The minimum Gasteiger partial charge on any atom is -0.469 e. The van der Waals surface area contributed by atoms with Crippen LogP contribution in [0.5, 0.6) is 0 Å². The van der Waals surface area contributed by atoms with Crippen LogP contribution in [0, 0.1) is 0 Å². The lowest BCUT2D eigenvalue weighted by molar-refractivity contribution is -0.141. The van der Waals surface area contributed by atoms with Gasteiger partial charge in [-0.3, -0.25) is 4.79 Å². The minimum atomic E-state index is -1.15. The maximum atomic E-state index is 10.8. The van der Waals surface area contributed by atoms with E-state index in [9.17, 15) is 9.90 Å². The Morgan fingerprint density at radius 1 is 1.64 bits per heavy atom. The molecule has 0 aliphatic carbocycles. The van der Waals surface area contributed by atoms with E-state index in [0.29, 0.717) is 0 Å². The lowest BCUT2D eigenvalue weighted by atomic mass is 10.1. The van der Waals surface area contributed by atoms with Crippen LogP contribution in [-0.4, -0.2) is 48.1 Å². The number of nitrogens with one attached hydrogen (secondary N) is 1. The molecule has 84 valence electrons. The van der Waals surface area contributed by atoms with Gasteiger partial charge in [0.15, 0.2) is 0 Å². The van der Waals surface area contributed by atoms with E-state index in [1.807, 2.05) is 6.92 Å². The van der Waals surface area contributed by atoms with Crippen molar-refractivity contribution < 1.29 is 19.7 Å². The van der Waals surface area contributed by atoms with Crippen LogP contribution in [0.15, 0.2) is 0 Å². The minimum absolute atomic E-state index is 0.0829. The molecule has 0 spiro atoms. The molecule has 0 aliphatic rings. The fourth-order valence-electron chi connectivity index (χ4n) is 0.856. The van der Waals surface area contributed by atoms with E-state index in [4.69, 9.17) is 5.11 Å². The van der Waals surface area contributed by atoms with Crippen LogP contribution < -0.4 is 5.32 Å². The van der Waals surface area contributed by atoms with Crippen molar-refractivity contribution in [2.75, 3.05) is 20.3 Å². The standard InChI is InChI=1S/C9H19NO4/c1-7(4-8(12)14-3)10-5-9(2,13)6-11/h7,10-11,13H,4-6H2,1-3H3. The largest absolute Gasteiger partial charge is 0.469 e. The van der Waals surface area contributed by atoms with Gasteiger partial charge in [-0.2, -0.15) is 0 Å². The fourth-order valence-corrected chi connectivity index (χ4v) is 0.856. The highest BCUT2D eigenvalue weighted by Gasteiger charge is 2.20. The summed E-state index contributed by atoms with van der Waals surface area (Å²) in [5.74, 6) is -0.298. The molecule has 3 N–H and O–H groups in total. The number of ether oxygens (including phenoxy) is 1. The molecule has 0 fully saturated rings. The number of rotatable bonds is 6. The lowest BCUT2D eigenvalue weighted by Gasteiger charge is -2.23. The number of aliphatic hydroxyl groups is 2. The zero-order valence-electron chi connectivity index (χ0n) is 8.91. The lowest BCUT2D eigenvalue weighted by Crippen LogP contribution is -2.44. The summed E-state index contributed by atoms with van der Waals surface area (Å²) in [4.78, 5) is 10.8. The molecule has 0 saturated heterocycles. The van der Waals surface area contributed by atoms with Gasteiger partial charge >= 0.3 is 5.97 Å². The number of esters is 1. The van der Waals surface area contributed by atoms with Crippen LogP contribution >= 0.6 is 0 Å². The second kappa shape index (κ2) is 5.95. The van der Waals surface area contributed by atoms with Gasteiger partial charge in [-0.25, -0.2) is 0 Å². The molecule has 14 heavy (non-hydrogen) atoms. The highest BCUT2D eigenvalue weighted by Crippen LogP contribution is 2.01. The maximum absolute atomic E-state index is 10.8. The first-order chi connectivity index (χ1) is 6.41. The van der Waals surface area contributed by atoms with Crippen molar-refractivity contribution in [3.05, 3.63) is 0 Å². The summed E-state index contributed by atoms with van der Waals surface area (Å²) in [6.45, 7) is 3.25. The van der Waals surface area contributed by atoms with Crippen molar-refractivity contribution in [3.8, 4) is 0 Å². The van der Waals surface area contributed by atoms with E-state index >= 15 is 0 Å². The van der Waals surface area contributed by atoms with Crippen LogP contribution in [0.3, 0.4) is 0 Å². The van der Waals surface area contributed by atoms with Gasteiger partial charge in [0.25, 0.3) is 0 Å². The number of aliphatic hydroxyl groups excluding tert-OH is 1. The van der Waals surface area contributed by atoms with Crippen LogP contribution in [-0.2, 0) is 9.53 Å². The smallest absolute Gasteiger partial charge is 0.307 e. The summed E-state index contributed by atoms with van der Waals surface area (Å²) >= 11 is 0. The van der Waals surface area contributed by atoms with E-state index in [0.717, 1.165) is 0 Å². The second-order valence-electron chi connectivity index (χ2n) is 3.72. The molecular weight excluding hydrogens is 186 g/mol. The number of carbonyl (C=O) groups excluding carboxylic acids is 1. The SMILES string of the molecule is COC(=O)CC(C)NCC(C)(O)CO. The number of hydrogen-bond donors (Lipinski definition) is 3. The van der Waals surface area contributed by atoms with Gasteiger partial charge in [0, 0.05) is 12.6 Å². The molecule has 0 heterocycles. The van der Waals surface area contributed by atoms with Crippen molar-refractivity contribution in [1.82, 2.24) is 5.32 Å². The Hall–Kier alpha value is -0.650. The van der Waals surface area contributed by atoms with E-state index in [1.165, 1.54) is 14.0 Å². The fraction of sp³-hybridized carbons (Fsp3) is 0.889. The molecule has 0 aromatic heterocycles. The summed E-state index contributed by atoms with van der Waals surface area (Å²) in [6.07, 6.45) is 0.248. The maximum Gasteiger partial charge on any atom is 0.307 e. The van der Waals surface area contributed by atoms with Gasteiger partial charge in [-0.15, -0.1) is 0 Å². The summed E-state index contributed by atoms with van der Waals surface area (Å²) < 4.78 is 4.49. The van der Waals surface area contributed by atoms with Gasteiger partial charge in [-0.1, -0.05) is 0 Å². The molecule has 0 aliphatic heterocycles. The Bertz CT molecular complexity index is 182. The molecule has 0 bridgehead atoms. The average molecular weight is 205 g/mol. The van der Waals surface area contributed by atoms with E-state index in [1.54, 1.807) is 0 Å². The van der Waals surface area contributed by atoms with Crippen LogP contribution in [0.2, 0.25) is 0 Å². The summed E-state index contributed by atoms with van der Waals surface area (Å²) in [5, 5.41) is 21.1. The topological polar surface area (TPSA) is 78.8 Å². The quantitative estimate of drug-likeness (QED) is 0.498. The Kier molecular flexibility index (Phi) is 5.68. The first-order valence-corrected chi connectivity index (χ1v) is 4.54. The number of carbonyl (C=O) groups is 1.